The van der Waals surface area contributed by atoms with Crippen LogP contribution in [0.1, 0.15) is 18.1 Å². The zero-order chi connectivity index (χ0) is 13.1. The van der Waals surface area contributed by atoms with Crippen molar-refractivity contribution < 1.29 is 9.59 Å². The Kier molecular flexibility index (Phi) is 3.42. The number of allylic oxidation sites excluding steroid dienone is 1. The third-order valence-electron chi connectivity index (χ3n) is 3.08. The van der Waals surface area contributed by atoms with E-state index < -0.39 is 0 Å². The summed E-state index contributed by atoms with van der Waals surface area (Å²) in [6, 6.07) is 8.04. The molecule has 0 spiro atoms. The number of nitrogens with zero attached hydrogens (tertiary/aromatic N) is 1. The predicted molar refractivity (Wildman–Crippen MR) is 70.7 cm³/mol. The zero-order valence-corrected chi connectivity index (χ0v) is 10.3. The summed E-state index contributed by atoms with van der Waals surface area (Å²) in [4.78, 5) is 24.3. The van der Waals surface area contributed by atoms with Crippen molar-refractivity contribution in [3.8, 4) is 0 Å². The first-order chi connectivity index (χ1) is 8.63. The van der Waals surface area contributed by atoms with Crippen molar-refractivity contribution in [2.24, 2.45) is 0 Å². The van der Waals surface area contributed by atoms with Crippen LogP contribution < -0.4 is 0 Å². The number of benzene rings is 1. The Morgan fingerprint density at radius 1 is 1.39 bits per heavy atom. The van der Waals surface area contributed by atoms with E-state index >= 15 is 0 Å². The first kappa shape index (κ1) is 12.3. The summed E-state index contributed by atoms with van der Waals surface area (Å²) in [7, 11) is 0. The Hall–Kier alpha value is -2.16. The van der Waals surface area contributed by atoms with Gasteiger partial charge < -0.3 is 0 Å². The van der Waals surface area contributed by atoms with Crippen molar-refractivity contribution >= 4 is 17.4 Å². The number of amides is 2. The van der Waals surface area contributed by atoms with Crippen LogP contribution in [0.4, 0.5) is 0 Å². The van der Waals surface area contributed by atoms with Gasteiger partial charge in [0, 0.05) is 6.92 Å². The normalized spacial score (nSPS) is 12.6. The molecule has 18 heavy (non-hydrogen) atoms. The lowest BCUT2D eigenvalue weighted by Gasteiger charge is -2.18. The summed E-state index contributed by atoms with van der Waals surface area (Å²) in [5, 5.41) is 0. The largest absolute Gasteiger partial charge is 0.275 e. The van der Waals surface area contributed by atoms with Gasteiger partial charge in [-0.25, -0.2) is 0 Å². The third kappa shape index (κ3) is 2.25. The second-order valence-electron chi connectivity index (χ2n) is 4.24. The van der Waals surface area contributed by atoms with E-state index in [0.29, 0.717) is 6.54 Å². The average Bonchev–Trinajstić information content (AvgIpc) is 2.78. The molecule has 1 aliphatic rings. The number of carbonyl (C=O) groups is 2. The lowest BCUT2D eigenvalue weighted by Crippen LogP contribution is -2.35. The Bertz CT molecular complexity index is 543. The van der Waals surface area contributed by atoms with Crippen molar-refractivity contribution in [1.82, 2.24) is 4.90 Å². The van der Waals surface area contributed by atoms with E-state index in [2.05, 4.69) is 18.7 Å². The van der Waals surface area contributed by atoms with E-state index in [1.807, 2.05) is 18.2 Å². The van der Waals surface area contributed by atoms with E-state index in [4.69, 9.17) is 0 Å². The highest BCUT2D eigenvalue weighted by Gasteiger charge is 2.20. The van der Waals surface area contributed by atoms with Gasteiger partial charge in [0.1, 0.15) is 0 Å². The molecule has 0 radical (unpaired) electrons. The summed E-state index contributed by atoms with van der Waals surface area (Å²) < 4.78 is 0. The molecule has 1 aromatic rings. The molecule has 0 aromatic heterocycles. The molecule has 0 N–H and O–H groups in total. The van der Waals surface area contributed by atoms with Crippen LogP contribution >= 0.6 is 0 Å². The Morgan fingerprint density at radius 2 is 2.11 bits per heavy atom. The van der Waals surface area contributed by atoms with Gasteiger partial charge in [-0.3, -0.25) is 14.5 Å². The second kappa shape index (κ2) is 5.00. The van der Waals surface area contributed by atoms with Gasteiger partial charge in [-0.15, -0.1) is 0 Å². The van der Waals surface area contributed by atoms with Crippen LogP contribution in [-0.2, 0) is 16.0 Å². The van der Waals surface area contributed by atoms with Crippen LogP contribution in [0.5, 0.6) is 0 Å². The molecule has 0 saturated carbocycles. The maximum Gasteiger partial charge on any atom is 0.252 e. The minimum absolute atomic E-state index is 0.259. The SMILES string of the molecule is C=CC(=O)N(CC1=CCc2ccccc21)C(C)=O. The molecule has 0 aliphatic heterocycles. The van der Waals surface area contributed by atoms with E-state index in [1.54, 1.807) is 0 Å². The fourth-order valence-corrected chi connectivity index (χ4v) is 2.13. The number of carbonyl (C=O) groups excluding carboxylic acids is 2. The minimum Gasteiger partial charge on any atom is -0.275 e. The van der Waals surface area contributed by atoms with Gasteiger partial charge in [0.05, 0.1) is 6.54 Å². The van der Waals surface area contributed by atoms with Gasteiger partial charge in [-0.2, -0.15) is 0 Å². The van der Waals surface area contributed by atoms with Gasteiger partial charge in [-0.05, 0) is 29.2 Å². The molecular weight excluding hydrogens is 226 g/mol. The van der Waals surface area contributed by atoms with E-state index in [-0.39, 0.29) is 11.8 Å². The van der Waals surface area contributed by atoms with Crippen molar-refractivity contribution in [2.75, 3.05) is 6.54 Å². The highest BCUT2D eigenvalue weighted by Crippen LogP contribution is 2.27. The molecule has 0 unspecified atom stereocenters. The molecule has 2 amide bonds. The first-order valence-electron chi connectivity index (χ1n) is 5.85. The standard InChI is InChI=1S/C15H15NO2/c1-3-15(18)16(11(2)17)10-13-9-8-12-6-4-5-7-14(12)13/h3-7,9H,1,8,10H2,2H3. The van der Waals surface area contributed by atoms with Crippen molar-refractivity contribution in [3.63, 3.8) is 0 Å². The van der Waals surface area contributed by atoms with Gasteiger partial charge in [0.25, 0.3) is 5.91 Å². The van der Waals surface area contributed by atoms with Gasteiger partial charge in [0.15, 0.2) is 0 Å². The number of hydrogen-bond donors (Lipinski definition) is 0. The lowest BCUT2D eigenvalue weighted by molar-refractivity contribution is -0.139. The Balaban J connectivity index is 2.22. The molecule has 3 heteroatoms. The number of rotatable bonds is 3. The highest BCUT2D eigenvalue weighted by molar-refractivity contribution is 6.01. The molecule has 0 bridgehead atoms. The summed E-state index contributed by atoms with van der Waals surface area (Å²) in [5.74, 6) is -0.613. The molecule has 2 rings (SSSR count). The predicted octanol–water partition coefficient (Wildman–Crippen LogP) is 2.19. The summed E-state index contributed by atoms with van der Waals surface area (Å²) in [6.45, 7) is 5.13. The fourth-order valence-electron chi connectivity index (χ4n) is 2.13. The molecule has 0 atom stereocenters. The van der Waals surface area contributed by atoms with Crippen molar-refractivity contribution in [1.29, 1.82) is 0 Å². The molecular formula is C15H15NO2. The summed E-state index contributed by atoms with van der Waals surface area (Å²) >= 11 is 0. The maximum atomic E-state index is 11.6. The molecule has 0 heterocycles. The lowest BCUT2D eigenvalue weighted by atomic mass is 10.1. The second-order valence-corrected chi connectivity index (χ2v) is 4.24. The summed E-state index contributed by atoms with van der Waals surface area (Å²) in [6.07, 6.45) is 4.10. The molecule has 92 valence electrons. The van der Waals surface area contributed by atoms with Crippen LogP contribution in [0, 0.1) is 0 Å². The van der Waals surface area contributed by atoms with Gasteiger partial charge in [0.2, 0.25) is 5.91 Å². The number of imide groups is 1. The van der Waals surface area contributed by atoms with Gasteiger partial charge >= 0.3 is 0 Å². The maximum absolute atomic E-state index is 11.6. The monoisotopic (exact) mass is 241 g/mol. The quantitative estimate of drug-likeness (QED) is 0.761. The number of fused-ring (bicyclic) bond motifs is 1. The fraction of sp³-hybridized carbons (Fsp3) is 0.200. The van der Waals surface area contributed by atoms with Crippen LogP contribution in [0.25, 0.3) is 5.57 Å². The minimum atomic E-state index is -0.354. The molecule has 0 fully saturated rings. The first-order valence-corrected chi connectivity index (χ1v) is 5.85. The van der Waals surface area contributed by atoms with Gasteiger partial charge in [-0.1, -0.05) is 36.9 Å². The molecule has 3 nitrogen and oxygen atoms in total. The molecule has 0 saturated heterocycles. The highest BCUT2D eigenvalue weighted by atomic mass is 16.2. The summed E-state index contributed by atoms with van der Waals surface area (Å²) in [5.41, 5.74) is 3.39. The average molecular weight is 241 g/mol. The Labute approximate surface area is 106 Å². The third-order valence-corrected chi connectivity index (χ3v) is 3.08. The van der Waals surface area contributed by atoms with Crippen molar-refractivity contribution in [3.05, 3.63) is 54.1 Å². The van der Waals surface area contributed by atoms with E-state index in [9.17, 15) is 9.59 Å². The van der Waals surface area contributed by atoms with Crippen LogP contribution in [0.2, 0.25) is 0 Å². The van der Waals surface area contributed by atoms with Crippen LogP contribution in [0.15, 0.2) is 43.0 Å². The topological polar surface area (TPSA) is 37.4 Å². The van der Waals surface area contributed by atoms with Crippen molar-refractivity contribution in [2.45, 2.75) is 13.3 Å². The smallest absolute Gasteiger partial charge is 0.252 e. The van der Waals surface area contributed by atoms with Crippen LogP contribution in [0.3, 0.4) is 0 Å². The molecule has 1 aliphatic carbocycles. The zero-order valence-electron chi connectivity index (χ0n) is 10.3. The Morgan fingerprint density at radius 3 is 2.78 bits per heavy atom. The van der Waals surface area contributed by atoms with E-state index in [0.717, 1.165) is 17.6 Å². The molecule has 1 aromatic carbocycles. The van der Waals surface area contributed by atoms with Crippen LogP contribution in [-0.4, -0.2) is 23.3 Å². The van der Waals surface area contributed by atoms with E-state index in [1.165, 1.54) is 23.5 Å². The number of hydrogen-bond acceptors (Lipinski definition) is 2.